The summed E-state index contributed by atoms with van der Waals surface area (Å²) < 4.78 is 0. The molecule has 1 aromatic carbocycles. The number of carbonyl (C=O) groups excluding carboxylic acids is 3. The van der Waals surface area contributed by atoms with Crippen LogP contribution in [0.4, 0.5) is 5.69 Å². The molecule has 0 atom stereocenters. The maximum Gasteiger partial charge on any atom is 0.279 e. The van der Waals surface area contributed by atoms with Crippen molar-refractivity contribution in [3.05, 3.63) is 81.3 Å². The van der Waals surface area contributed by atoms with E-state index >= 15 is 0 Å². The highest BCUT2D eigenvalue weighted by molar-refractivity contribution is 7.14. The molecule has 2 aromatic heterocycles. The van der Waals surface area contributed by atoms with Crippen LogP contribution in [0.2, 0.25) is 0 Å². The van der Waals surface area contributed by atoms with Crippen LogP contribution in [0, 0.1) is 0 Å². The third-order valence-corrected chi connectivity index (χ3v) is 6.30. The number of benzene rings is 1. The zero-order chi connectivity index (χ0) is 21.6. The third kappa shape index (κ3) is 5.16. The smallest absolute Gasteiger partial charge is 0.279 e. The van der Waals surface area contributed by atoms with Crippen LogP contribution in [-0.4, -0.2) is 22.7 Å². The molecule has 7 nitrogen and oxygen atoms in total. The van der Waals surface area contributed by atoms with Gasteiger partial charge in [-0.3, -0.25) is 30.2 Å². The van der Waals surface area contributed by atoms with E-state index in [-0.39, 0.29) is 11.8 Å². The van der Waals surface area contributed by atoms with Gasteiger partial charge < -0.3 is 5.32 Å². The van der Waals surface area contributed by atoms with Crippen LogP contribution >= 0.6 is 11.3 Å². The van der Waals surface area contributed by atoms with Crippen LogP contribution in [0.5, 0.6) is 0 Å². The molecular formula is C23H22N4O3S. The van der Waals surface area contributed by atoms with Gasteiger partial charge in [0.1, 0.15) is 5.69 Å². The van der Waals surface area contributed by atoms with Crippen molar-refractivity contribution in [3.63, 3.8) is 0 Å². The van der Waals surface area contributed by atoms with E-state index in [4.69, 9.17) is 0 Å². The minimum absolute atomic E-state index is 0.304. The molecule has 0 radical (unpaired) electrons. The van der Waals surface area contributed by atoms with Gasteiger partial charge in [0.05, 0.1) is 4.88 Å². The van der Waals surface area contributed by atoms with Gasteiger partial charge in [0.15, 0.2) is 0 Å². The number of anilines is 1. The highest BCUT2D eigenvalue weighted by Crippen LogP contribution is 2.28. The van der Waals surface area contributed by atoms with Crippen molar-refractivity contribution in [1.82, 2.24) is 15.8 Å². The molecule has 3 aromatic rings. The zero-order valence-corrected chi connectivity index (χ0v) is 17.6. The molecule has 8 heteroatoms. The van der Waals surface area contributed by atoms with Crippen molar-refractivity contribution in [3.8, 4) is 0 Å². The Labute approximate surface area is 183 Å². The Morgan fingerprint density at radius 2 is 1.61 bits per heavy atom. The van der Waals surface area contributed by atoms with Crippen molar-refractivity contribution >= 4 is 34.7 Å². The second-order valence-corrected chi connectivity index (χ2v) is 8.41. The second kappa shape index (κ2) is 9.53. The van der Waals surface area contributed by atoms with E-state index in [1.54, 1.807) is 48.7 Å². The Balaban J connectivity index is 1.31. The molecule has 2 heterocycles. The Morgan fingerprint density at radius 3 is 2.39 bits per heavy atom. The van der Waals surface area contributed by atoms with Crippen molar-refractivity contribution < 1.29 is 14.4 Å². The monoisotopic (exact) mass is 434 g/mol. The van der Waals surface area contributed by atoms with E-state index in [1.165, 1.54) is 28.2 Å². The summed E-state index contributed by atoms with van der Waals surface area (Å²) in [5.41, 5.74) is 7.38. The van der Waals surface area contributed by atoms with E-state index in [0.29, 0.717) is 21.8 Å². The van der Waals surface area contributed by atoms with Crippen LogP contribution < -0.4 is 16.2 Å². The molecule has 158 valence electrons. The number of carbonyl (C=O) groups is 3. The SMILES string of the molecule is O=C(NNC(=O)c1cc2c(s1)CCCCC2)c1ccc(NC(=O)c2ccccn2)cc1. The summed E-state index contributed by atoms with van der Waals surface area (Å²) in [5, 5.41) is 2.72. The van der Waals surface area contributed by atoms with Crippen LogP contribution in [-0.2, 0) is 12.8 Å². The number of hydrogen-bond acceptors (Lipinski definition) is 5. The Bertz CT molecular complexity index is 1070. The number of aryl methyl sites for hydroxylation is 2. The van der Waals surface area contributed by atoms with E-state index in [9.17, 15) is 14.4 Å². The number of aromatic nitrogens is 1. The number of thiophene rings is 1. The Morgan fingerprint density at radius 1 is 0.839 bits per heavy atom. The first-order valence-corrected chi connectivity index (χ1v) is 11.0. The Kier molecular flexibility index (Phi) is 6.37. The number of rotatable bonds is 4. The number of pyridine rings is 1. The predicted octanol–water partition coefficient (Wildman–Crippen LogP) is 3.74. The van der Waals surface area contributed by atoms with Gasteiger partial charge in [-0.2, -0.15) is 0 Å². The van der Waals surface area contributed by atoms with Crippen molar-refractivity contribution in [2.45, 2.75) is 32.1 Å². The molecule has 3 N–H and O–H groups in total. The van der Waals surface area contributed by atoms with Crippen molar-refractivity contribution in [2.75, 3.05) is 5.32 Å². The summed E-state index contributed by atoms with van der Waals surface area (Å²) in [7, 11) is 0. The molecule has 0 spiro atoms. The summed E-state index contributed by atoms with van der Waals surface area (Å²) in [6, 6.07) is 13.4. The van der Waals surface area contributed by atoms with Crippen LogP contribution in [0.25, 0.3) is 0 Å². The van der Waals surface area contributed by atoms with Crippen LogP contribution in [0.3, 0.4) is 0 Å². The molecule has 0 aliphatic heterocycles. The number of hydrogen-bond donors (Lipinski definition) is 3. The number of fused-ring (bicyclic) bond motifs is 1. The highest BCUT2D eigenvalue weighted by atomic mass is 32.1. The number of hydrazine groups is 1. The summed E-state index contributed by atoms with van der Waals surface area (Å²) in [6.45, 7) is 0. The molecule has 0 saturated carbocycles. The molecular weight excluding hydrogens is 412 g/mol. The normalized spacial score (nSPS) is 12.9. The largest absolute Gasteiger partial charge is 0.321 e. The topological polar surface area (TPSA) is 100 Å². The summed E-state index contributed by atoms with van der Waals surface area (Å²) in [4.78, 5) is 42.8. The van der Waals surface area contributed by atoms with Gasteiger partial charge in [-0.15, -0.1) is 11.3 Å². The first-order valence-electron chi connectivity index (χ1n) is 10.1. The molecule has 3 amide bonds. The summed E-state index contributed by atoms with van der Waals surface area (Å²) in [6.07, 6.45) is 7.11. The first-order chi connectivity index (χ1) is 15.1. The van der Waals surface area contributed by atoms with E-state index < -0.39 is 5.91 Å². The third-order valence-electron chi connectivity index (χ3n) is 5.06. The summed E-state index contributed by atoms with van der Waals surface area (Å²) in [5.74, 6) is -1.08. The molecule has 1 aliphatic carbocycles. The van der Waals surface area contributed by atoms with Crippen molar-refractivity contribution in [1.29, 1.82) is 0 Å². The molecule has 0 fully saturated rings. The van der Waals surface area contributed by atoms with Crippen LogP contribution in [0.1, 0.15) is 60.2 Å². The van der Waals surface area contributed by atoms with Gasteiger partial charge in [0.2, 0.25) is 0 Å². The van der Waals surface area contributed by atoms with Gasteiger partial charge in [-0.05, 0) is 73.7 Å². The quantitative estimate of drug-likeness (QED) is 0.430. The molecule has 0 unspecified atom stereocenters. The molecule has 0 bridgehead atoms. The predicted molar refractivity (Wildman–Crippen MR) is 119 cm³/mol. The lowest BCUT2D eigenvalue weighted by molar-refractivity contribution is 0.0849. The lowest BCUT2D eigenvalue weighted by Gasteiger charge is -2.08. The minimum atomic E-state index is -0.436. The molecule has 31 heavy (non-hydrogen) atoms. The number of amides is 3. The summed E-state index contributed by atoms with van der Waals surface area (Å²) >= 11 is 1.50. The Hall–Kier alpha value is -3.52. The fraction of sp³-hybridized carbons (Fsp3) is 0.217. The number of nitrogens with zero attached hydrogens (tertiary/aromatic N) is 1. The molecule has 4 rings (SSSR count). The zero-order valence-electron chi connectivity index (χ0n) is 16.8. The standard InChI is InChI=1S/C23H22N4O3S/c28-21(26-27-23(30)20-14-16-6-2-1-3-8-19(16)31-20)15-9-11-17(12-10-15)25-22(29)18-7-4-5-13-24-18/h4-5,7,9-14H,1-3,6,8H2,(H,25,29)(H,26,28)(H,27,30). The van der Waals surface area contributed by atoms with Gasteiger partial charge in [-0.1, -0.05) is 12.5 Å². The van der Waals surface area contributed by atoms with E-state index in [1.807, 2.05) is 6.07 Å². The van der Waals surface area contributed by atoms with Crippen LogP contribution in [0.15, 0.2) is 54.7 Å². The lowest BCUT2D eigenvalue weighted by atomic mass is 10.1. The lowest BCUT2D eigenvalue weighted by Crippen LogP contribution is -2.41. The average Bonchev–Trinajstić information content (AvgIpc) is 3.08. The molecule has 0 saturated heterocycles. The first kappa shape index (κ1) is 20.7. The highest BCUT2D eigenvalue weighted by Gasteiger charge is 2.17. The van der Waals surface area contributed by atoms with Gasteiger partial charge in [-0.25, -0.2) is 0 Å². The fourth-order valence-electron chi connectivity index (χ4n) is 3.42. The number of nitrogens with one attached hydrogen (secondary N) is 3. The average molecular weight is 435 g/mol. The van der Waals surface area contributed by atoms with Gasteiger partial charge in [0.25, 0.3) is 17.7 Å². The second-order valence-electron chi connectivity index (χ2n) is 7.27. The van der Waals surface area contributed by atoms with Crippen molar-refractivity contribution in [2.24, 2.45) is 0 Å². The van der Waals surface area contributed by atoms with Gasteiger partial charge in [0, 0.05) is 22.3 Å². The minimum Gasteiger partial charge on any atom is -0.321 e. The fourth-order valence-corrected chi connectivity index (χ4v) is 4.57. The van der Waals surface area contributed by atoms with E-state index in [2.05, 4.69) is 21.2 Å². The van der Waals surface area contributed by atoms with E-state index in [0.717, 1.165) is 25.7 Å². The molecule has 1 aliphatic rings. The maximum absolute atomic E-state index is 12.4. The maximum atomic E-state index is 12.4. The van der Waals surface area contributed by atoms with Gasteiger partial charge >= 0.3 is 0 Å².